The molecule has 31 heavy (non-hydrogen) atoms. The standard InChI is InChI=1S/C23H21ClFN3O3/c1-2-31-23(30)22-19-14-27(21(29)13-15-3-7-17(25)8-4-15)12-11-20(19)28(26-22)18-9-5-16(24)6-10-18/h3-10H,2,11-14H2,1H3. The minimum atomic E-state index is -0.515. The molecule has 1 aliphatic rings. The summed E-state index contributed by atoms with van der Waals surface area (Å²) in [4.78, 5) is 27.1. The minimum Gasteiger partial charge on any atom is -0.461 e. The van der Waals surface area contributed by atoms with Crippen molar-refractivity contribution in [1.29, 1.82) is 0 Å². The third kappa shape index (κ3) is 4.46. The van der Waals surface area contributed by atoms with Crippen LogP contribution in [0.1, 0.15) is 34.2 Å². The first-order valence-electron chi connectivity index (χ1n) is 10.0. The van der Waals surface area contributed by atoms with E-state index in [9.17, 15) is 14.0 Å². The highest BCUT2D eigenvalue weighted by Gasteiger charge is 2.31. The molecular formula is C23H21ClFN3O3. The lowest BCUT2D eigenvalue weighted by Crippen LogP contribution is -2.37. The number of ether oxygens (including phenoxy) is 1. The van der Waals surface area contributed by atoms with Crippen molar-refractivity contribution in [2.24, 2.45) is 0 Å². The number of halogens is 2. The van der Waals surface area contributed by atoms with E-state index in [1.165, 1.54) is 12.1 Å². The fraction of sp³-hybridized carbons (Fsp3) is 0.261. The molecule has 0 bridgehead atoms. The second-order valence-electron chi connectivity index (χ2n) is 7.25. The summed E-state index contributed by atoms with van der Waals surface area (Å²) in [6.07, 6.45) is 0.704. The van der Waals surface area contributed by atoms with Gasteiger partial charge in [-0.3, -0.25) is 4.79 Å². The first-order valence-corrected chi connectivity index (χ1v) is 10.4. The second-order valence-corrected chi connectivity index (χ2v) is 7.69. The molecule has 1 aliphatic heterocycles. The number of hydrogen-bond acceptors (Lipinski definition) is 4. The van der Waals surface area contributed by atoms with Gasteiger partial charge in [-0.2, -0.15) is 5.10 Å². The summed E-state index contributed by atoms with van der Waals surface area (Å²) in [5, 5.41) is 5.12. The molecule has 0 saturated heterocycles. The Morgan fingerprint density at radius 1 is 1.13 bits per heavy atom. The Hall–Kier alpha value is -3.19. The number of esters is 1. The maximum Gasteiger partial charge on any atom is 0.359 e. The molecule has 0 unspecified atom stereocenters. The number of amides is 1. The minimum absolute atomic E-state index is 0.0914. The van der Waals surface area contributed by atoms with Gasteiger partial charge >= 0.3 is 5.97 Å². The van der Waals surface area contributed by atoms with Gasteiger partial charge < -0.3 is 9.64 Å². The zero-order chi connectivity index (χ0) is 22.0. The van der Waals surface area contributed by atoms with Gasteiger partial charge in [-0.05, 0) is 48.9 Å². The van der Waals surface area contributed by atoms with Crippen LogP contribution in [0.4, 0.5) is 4.39 Å². The monoisotopic (exact) mass is 441 g/mol. The molecule has 1 amide bonds. The van der Waals surface area contributed by atoms with Gasteiger partial charge in [0.05, 0.1) is 24.4 Å². The summed E-state index contributed by atoms with van der Waals surface area (Å²) in [5.41, 5.74) is 3.29. The molecule has 6 nitrogen and oxygen atoms in total. The lowest BCUT2D eigenvalue weighted by Gasteiger charge is -2.28. The lowest BCUT2D eigenvalue weighted by atomic mass is 10.0. The Bertz CT molecular complexity index is 1110. The van der Waals surface area contributed by atoms with E-state index >= 15 is 0 Å². The molecule has 1 aromatic heterocycles. The van der Waals surface area contributed by atoms with Crippen LogP contribution in [0, 0.1) is 5.82 Å². The average molecular weight is 442 g/mol. The van der Waals surface area contributed by atoms with Crippen LogP contribution in [0.25, 0.3) is 5.69 Å². The van der Waals surface area contributed by atoms with Gasteiger partial charge in [0.15, 0.2) is 5.69 Å². The van der Waals surface area contributed by atoms with Crippen LogP contribution in [0.5, 0.6) is 0 Å². The number of benzene rings is 2. The molecule has 0 fully saturated rings. The SMILES string of the molecule is CCOC(=O)c1nn(-c2ccc(Cl)cc2)c2c1CN(C(=O)Cc1ccc(F)cc1)CC2. The molecule has 0 atom stereocenters. The maximum atomic E-state index is 13.1. The van der Waals surface area contributed by atoms with E-state index in [1.54, 1.807) is 40.8 Å². The molecule has 0 radical (unpaired) electrons. The van der Waals surface area contributed by atoms with Gasteiger partial charge in [0.25, 0.3) is 0 Å². The number of nitrogens with zero attached hydrogens (tertiary/aromatic N) is 3. The van der Waals surface area contributed by atoms with E-state index in [-0.39, 0.29) is 37.0 Å². The molecule has 2 heterocycles. The van der Waals surface area contributed by atoms with Crippen molar-refractivity contribution in [3.63, 3.8) is 0 Å². The first kappa shape index (κ1) is 21.1. The van der Waals surface area contributed by atoms with Crippen LogP contribution >= 0.6 is 11.6 Å². The van der Waals surface area contributed by atoms with Crippen LogP contribution in [-0.2, 0) is 28.9 Å². The summed E-state index contributed by atoms with van der Waals surface area (Å²) >= 11 is 6.00. The van der Waals surface area contributed by atoms with Crippen LogP contribution in [-0.4, -0.2) is 39.7 Å². The van der Waals surface area contributed by atoms with Gasteiger partial charge in [0, 0.05) is 30.1 Å². The van der Waals surface area contributed by atoms with Gasteiger partial charge in [0.2, 0.25) is 5.91 Å². The van der Waals surface area contributed by atoms with Crippen molar-refractivity contribution in [3.05, 3.63) is 81.9 Å². The van der Waals surface area contributed by atoms with E-state index in [2.05, 4.69) is 5.10 Å². The molecule has 4 rings (SSSR count). The van der Waals surface area contributed by atoms with E-state index in [4.69, 9.17) is 16.3 Å². The number of hydrogen-bond donors (Lipinski definition) is 0. The summed E-state index contributed by atoms with van der Waals surface area (Å²) in [5.74, 6) is -0.946. The van der Waals surface area contributed by atoms with Crippen molar-refractivity contribution in [1.82, 2.24) is 14.7 Å². The van der Waals surface area contributed by atoms with E-state index < -0.39 is 5.97 Å². The molecule has 0 spiro atoms. The zero-order valence-corrected chi connectivity index (χ0v) is 17.7. The van der Waals surface area contributed by atoms with Crippen LogP contribution < -0.4 is 0 Å². The van der Waals surface area contributed by atoms with Crippen molar-refractivity contribution < 1.29 is 18.7 Å². The fourth-order valence-electron chi connectivity index (χ4n) is 3.68. The Labute approximate surface area is 184 Å². The number of carbonyl (C=O) groups excluding carboxylic acids is 2. The third-order valence-electron chi connectivity index (χ3n) is 5.22. The Balaban J connectivity index is 1.63. The van der Waals surface area contributed by atoms with E-state index in [1.807, 2.05) is 12.1 Å². The van der Waals surface area contributed by atoms with Crippen molar-refractivity contribution in [2.75, 3.05) is 13.2 Å². The van der Waals surface area contributed by atoms with Gasteiger partial charge in [-0.25, -0.2) is 13.9 Å². The summed E-state index contributed by atoms with van der Waals surface area (Å²) in [7, 11) is 0. The van der Waals surface area contributed by atoms with Gasteiger partial charge in [-0.15, -0.1) is 0 Å². The predicted octanol–water partition coefficient (Wildman–Crippen LogP) is 3.97. The molecule has 8 heteroatoms. The number of fused-ring (bicyclic) bond motifs is 1. The summed E-state index contributed by atoms with van der Waals surface area (Å²) < 4.78 is 20.0. The summed E-state index contributed by atoms with van der Waals surface area (Å²) in [6, 6.07) is 13.1. The molecule has 160 valence electrons. The fourth-order valence-corrected chi connectivity index (χ4v) is 3.81. The number of rotatable bonds is 5. The normalized spacial score (nSPS) is 13.1. The number of aromatic nitrogens is 2. The smallest absolute Gasteiger partial charge is 0.359 e. The Kier molecular flexibility index (Phi) is 6.04. The second kappa shape index (κ2) is 8.89. The highest BCUT2D eigenvalue weighted by Crippen LogP contribution is 2.27. The average Bonchev–Trinajstić information content (AvgIpc) is 3.15. The highest BCUT2D eigenvalue weighted by molar-refractivity contribution is 6.30. The van der Waals surface area contributed by atoms with Crippen molar-refractivity contribution >= 4 is 23.5 Å². The first-order chi connectivity index (χ1) is 15.0. The van der Waals surface area contributed by atoms with Crippen LogP contribution in [0.15, 0.2) is 48.5 Å². The lowest BCUT2D eigenvalue weighted by molar-refractivity contribution is -0.131. The van der Waals surface area contributed by atoms with Crippen molar-refractivity contribution in [3.8, 4) is 5.69 Å². The van der Waals surface area contributed by atoms with Crippen LogP contribution in [0.3, 0.4) is 0 Å². The predicted molar refractivity (Wildman–Crippen MR) is 114 cm³/mol. The maximum absolute atomic E-state index is 13.1. The molecule has 3 aromatic rings. The molecular weight excluding hydrogens is 421 g/mol. The topological polar surface area (TPSA) is 64.4 Å². The molecule has 0 saturated carbocycles. The van der Waals surface area contributed by atoms with Gasteiger partial charge in [0.1, 0.15) is 5.82 Å². The van der Waals surface area contributed by atoms with E-state index in [0.717, 1.165) is 16.9 Å². The van der Waals surface area contributed by atoms with Crippen molar-refractivity contribution in [2.45, 2.75) is 26.3 Å². The zero-order valence-electron chi connectivity index (χ0n) is 17.0. The Morgan fingerprint density at radius 2 is 1.84 bits per heavy atom. The molecule has 2 aromatic carbocycles. The molecule has 0 N–H and O–H groups in total. The Morgan fingerprint density at radius 3 is 2.52 bits per heavy atom. The summed E-state index contributed by atoms with van der Waals surface area (Å²) in [6.45, 7) is 2.72. The highest BCUT2D eigenvalue weighted by atomic mass is 35.5. The largest absolute Gasteiger partial charge is 0.461 e. The van der Waals surface area contributed by atoms with Crippen LogP contribution in [0.2, 0.25) is 5.02 Å². The van der Waals surface area contributed by atoms with E-state index in [0.29, 0.717) is 23.6 Å². The third-order valence-corrected chi connectivity index (χ3v) is 5.47. The number of carbonyl (C=O) groups is 2. The molecule has 0 aliphatic carbocycles. The quantitative estimate of drug-likeness (QED) is 0.562. The van der Waals surface area contributed by atoms with Gasteiger partial charge in [-0.1, -0.05) is 23.7 Å².